The zero-order valence-electron chi connectivity index (χ0n) is 23.3. The van der Waals surface area contributed by atoms with Crippen molar-refractivity contribution in [2.45, 2.75) is 38.1 Å². The summed E-state index contributed by atoms with van der Waals surface area (Å²) in [6.45, 7) is 3.30. The van der Waals surface area contributed by atoms with Gasteiger partial charge < -0.3 is 50.7 Å². The molecule has 0 aliphatic carbocycles. The van der Waals surface area contributed by atoms with E-state index in [1.165, 1.54) is 0 Å². The Morgan fingerprint density at radius 1 is 0.650 bits per heavy atom. The smallest absolute Gasteiger partial charge is 0.327 e. The molecule has 0 rings (SSSR count). The Labute approximate surface area is 247 Å². The van der Waals surface area contributed by atoms with Crippen molar-refractivity contribution in [2.75, 3.05) is 79.9 Å². The predicted octanol–water partition coefficient (Wildman–Crippen LogP) is -2.65. The Hall–Kier alpha value is -1.54. The molecule has 2 atom stereocenters. The number of hydrogen-bond acceptors (Lipinski definition) is 16. The predicted molar refractivity (Wildman–Crippen MR) is 149 cm³/mol. The topological polar surface area (TPSA) is 224 Å². The molecule has 40 heavy (non-hydrogen) atoms. The minimum Gasteiger partial charge on any atom is -0.378 e. The highest BCUT2D eigenvalue weighted by Crippen LogP contribution is 1.95. The molecule has 0 fully saturated rings. The Kier molecular flexibility index (Phi) is 31.1. The number of hydroxylamine groups is 2. The Bertz CT molecular complexity index is 630. The van der Waals surface area contributed by atoms with Crippen molar-refractivity contribution in [3.8, 4) is 0 Å². The number of nitrogens with one attached hydrogen (secondary N) is 4. The van der Waals surface area contributed by atoms with Crippen molar-refractivity contribution >= 4 is 48.3 Å². The van der Waals surface area contributed by atoms with Crippen molar-refractivity contribution in [1.29, 1.82) is 0 Å². The monoisotopic (exact) mass is 624 g/mol. The Morgan fingerprint density at radius 3 is 1.38 bits per heavy atom. The van der Waals surface area contributed by atoms with Gasteiger partial charge in [-0.3, -0.25) is 19.2 Å². The maximum Gasteiger partial charge on any atom is 0.327 e. The van der Waals surface area contributed by atoms with Crippen molar-refractivity contribution < 1.29 is 47.8 Å². The number of carbonyl (C=O) groups is 4. The summed E-state index contributed by atoms with van der Waals surface area (Å²) in [5, 5.41) is 5.40. The highest BCUT2D eigenvalue weighted by atomic mass is 35.5. The van der Waals surface area contributed by atoms with Gasteiger partial charge >= 0.3 is 11.9 Å². The third kappa shape index (κ3) is 25.4. The summed E-state index contributed by atoms with van der Waals surface area (Å²) >= 11 is 0. The second-order valence-corrected chi connectivity index (χ2v) is 7.89. The van der Waals surface area contributed by atoms with Crippen LogP contribution in [0.2, 0.25) is 0 Å². The van der Waals surface area contributed by atoms with Crippen molar-refractivity contribution in [2.24, 2.45) is 11.5 Å². The number of hydrogen-bond donors (Lipinski definition) is 6. The van der Waals surface area contributed by atoms with E-state index >= 15 is 0 Å². The largest absolute Gasteiger partial charge is 0.378 e. The molecule has 0 aliphatic rings. The molecule has 0 aromatic heterocycles. The first kappa shape index (κ1) is 42.9. The van der Waals surface area contributed by atoms with Crippen LogP contribution < -0.4 is 33.1 Å². The zero-order valence-corrected chi connectivity index (χ0v) is 24.9. The average molecular weight is 626 g/mol. The molecule has 0 saturated heterocycles. The summed E-state index contributed by atoms with van der Waals surface area (Å²) in [7, 11) is 3.27. The maximum atomic E-state index is 11.6. The molecular formula is C22H46Cl2N6O10. The second kappa shape index (κ2) is 29.0. The summed E-state index contributed by atoms with van der Waals surface area (Å²) in [4.78, 5) is 55.7. The Balaban J connectivity index is -0.00000684. The first-order chi connectivity index (χ1) is 18.2. The average Bonchev–Trinajstić information content (AvgIpc) is 2.88. The number of halogens is 2. The van der Waals surface area contributed by atoms with Crippen LogP contribution in [0.15, 0.2) is 0 Å². The first-order valence-electron chi connectivity index (χ1n) is 12.3. The van der Waals surface area contributed by atoms with Crippen LogP contribution in [0.5, 0.6) is 0 Å². The van der Waals surface area contributed by atoms with Gasteiger partial charge in [-0.1, -0.05) is 0 Å². The van der Waals surface area contributed by atoms with Gasteiger partial charge in [0.25, 0.3) is 0 Å². The van der Waals surface area contributed by atoms with Crippen LogP contribution in [-0.2, 0) is 47.8 Å². The molecule has 0 radical (unpaired) electrons. The lowest BCUT2D eigenvalue weighted by Crippen LogP contribution is -2.44. The number of nitrogens with two attached hydrogens (primary N) is 2. The normalized spacial score (nSPS) is 12.8. The van der Waals surface area contributed by atoms with Gasteiger partial charge in [-0.15, -0.1) is 24.8 Å². The molecule has 0 bridgehead atoms. The van der Waals surface area contributed by atoms with E-state index in [1.807, 2.05) is 0 Å². The molecule has 0 spiro atoms. The Morgan fingerprint density at radius 2 is 1.02 bits per heavy atom. The fraction of sp³-hybridized carbons (Fsp3) is 0.818. The molecule has 0 heterocycles. The minimum absolute atomic E-state index is 0. The van der Waals surface area contributed by atoms with E-state index in [9.17, 15) is 19.2 Å². The summed E-state index contributed by atoms with van der Waals surface area (Å²) in [5.74, 6) is -1.48. The molecule has 18 heteroatoms. The number of carbonyl (C=O) groups excluding carboxylic acids is 4. The van der Waals surface area contributed by atoms with E-state index in [0.29, 0.717) is 0 Å². The van der Waals surface area contributed by atoms with E-state index in [4.69, 9.17) is 40.1 Å². The molecular weight excluding hydrogens is 579 g/mol. The van der Waals surface area contributed by atoms with Crippen LogP contribution in [-0.4, -0.2) is 122 Å². The van der Waals surface area contributed by atoms with E-state index in [0.717, 1.165) is 0 Å². The van der Waals surface area contributed by atoms with Gasteiger partial charge in [0.2, 0.25) is 0 Å². The molecule has 0 saturated carbocycles. The third-order valence-electron chi connectivity index (χ3n) is 4.57. The number of ketones is 2. The van der Waals surface area contributed by atoms with E-state index in [1.54, 1.807) is 21.0 Å². The SMILES string of the molecule is CNCC(=O)C(N)CNOC(=O)CCOCCOC(C)OCCOCCC(=O)ONCC(N)C(=O)CNC.Cl.Cl. The van der Waals surface area contributed by atoms with Crippen LogP contribution in [0.1, 0.15) is 19.8 Å². The standard InChI is InChI=1S/C22H44N6O10.2ClH/c1-16(35-10-8-33-6-4-21(31)37-27-12-17(23)19(29)14-25-2)36-11-9-34-7-5-22(32)38-28-13-18(24)20(30)15-26-3;;/h16-18,25-28H,4-15,23-24H2,1-3H3;2*1H. The van der Waals surface area contributed by atoms with Gasteiger partial charge in [0.05, 0.1) is 90.7 Å². The quantitative estimate of drug-likeness (QED) is 0.0328. The van der Waals surface area contributed by atoms with Gasteiger partial charge in [0.1, 0.15) is 0 Å². The highest BCUT2D eigenvalue weighted by molar-refractivity contribution is 5.86. The third-order valence-corrected chi connectivity index (χ3v) is 4.57. The van der Waals surface area contributed by atoms with Crippen LogP contribution in [0.25, 0.3) is 0 Å². The van der Waals surface area contributed by atoms with E-state index in [-0.39, 0.29) is 115 Å². The molecule has 2 unspecified atom stereocenters. The molecule has 238 valence electrons. The summed E-state index contributed by atoms with van der Waals surface area (Å²) in [5.41, 5.74) is 16.0. The van der Waals surface area contributed by atoms with E-state index < -0.39 is 30.3 Å². The lowest BCUT2D eigenvalue weighted by atomic mass is 10.2. The molecule has 16 nitrogen and oxygen atoms in total. The van der Waals surface area contributed by atoms with Gasteiger partial charge in [-0.25, -0.2) is 0 Å². The lowest BCUT2D eigenvalue weighted by molar-refractivity contribution is -0.156. The number of rotatable bonds is 26. The van der Waals surface area contributed by atoms with Gasteiger partial charge in [-0.2, -0.15) is 11.0 Å². The fourth-order valence-corrected chi connectivity index (χ4v) is 2.47. The molecule has 8 N–H and O–H groups in total. The lowest BCUT2D eigenvalue weighted by Gasteiger charge is -2.14. The number of ether oxygens (including phenoxy) is 4. The maximum absolute atomic E-state index is 11.6. The summed E-state index contributed by atoms with van der Waals surface area (Å²) < 4.78 is 21.4. The molecule has 0 aromatic rings. The minimum atomic E-state index is -0.774. The van der Waals surface area contributed by atoms with Gasteiger partial charge in [0, 0.05) is 0 Å². The second-order valence-electron chi connectivity index (χ2n) is 7.89. The number of Topliss-reactive ketones (excluding diaryl/α,β-unsaturated/α-hetero) is 2. The van der Waals surface area contributed by atoms with Crippen molar-refractivity contribution in [1.82, 2.24) is 21.6 Å². The van der Waals surface area contributed by atoms with Gasteiger partial charge in [-0.05, 0) is 21.0 Å². The van der Waals surface area contributed by atoms with Crippen molar-refractivity contribution in [3.05, 3.63) is 0 Å². The zero-order chi connectivity index (χ0) is 28.6. The van der Waals surface area contributed by atoms with Crippen LogP contribution >= 0.6 is 24.8 Å². The number of likely N-dealkylation sites (N-methyl/N-ethyl adjacent to an activating group) is 2. The molecule has 0 aliphatic heterocycles. The van der Waals surface area contributed by atoms with Crippen LogP contribution in [0.4, 0.5) is 0 Å². The van der Waals surface area contributed by atoms with Crippen LogP contribution in [0.3, 0.4) is 0 Å². The van der Waals surface area contributed by atoms with Crippen molar-refractivity contribution in [3.63, 3.8) is 0 Å². The summed E-state index contributed by atoms with van der Waals surface area (Å²) in [6.07, 6.45) is -0.470. The van der Waals surface area contributed by atoms with Gasteiger partial charge in [0.15, 0.2) is 17.9 Å². The fourth-order valence-electron chi connectivity index (χ4n) is 2.47. The molecule has 0 amide bonds. The first-order valence-corrected chi connectivity index (χ1v) is 12.3. The van der Waals surface area contributed by atoms with E-state index in [2.05, 4.69) is 21.6 Å². The highest BCUT2D eigenvalue weighted by Gasteiger charge is 2.14. The summed E-state index contributed by atoms with van der Waals surface area (Å²) in [6, 6.07) is -1.55. The molecule has 0 aromatic carbocycles. The van der Waals surface area contributed by atoms with Crippen LogP contribution in [0, 0.1) is 0 Å².